The van der Waals surface area contributed by atoms with Crippen molar-refractivity contribution < 1.29 is 23.9 Å². The lowest BCUT2D eigenvalue weighted by Gasteiger charge is -2.23. The molecule has 9 nitrogen and oxygen atoms in total. The number of carbonyl (C=O) groups excluding carboxylic acids is 3. The van der Waals surface area contributed by atoms with Crippen LogP contribution in [0.25, 0.3) is 0 Å². The van der Waals surface area contributed by atoms with E-state index in [2.05, 4.69) is 0 Å². The van der Waals surface area contributed by atoms with Crippen LogP contribution in [0.1, 0.15) is 16.8 Å². The number of nitrogens with two attached hydrogens (primary N) is 1. The Kier molecular flexibility index (Phi) is 8.10. The van der Waals surface area contributed by atoms with E-state index in [1.165, 1.54) is 19.2 Å². The van der Waals surface area contributed by atoms with Gasteiger partial charge in [0, 0.05) is 45.8 Å². The van der Waals surface area contributed by atoms with Crippen LogP contribution in [-0.4, -0.2) is 93.0 Å². The summed E-state index contributed by atoms with van der Waals surface area (Å²) in [6.45, 7) is 2.41. The second-order valence-corrected chi connectivity index (χ2v) is 7.36. The Morgan fingerprint density at radius 1 is 1.17 bits per heavy atom. The molecule has 0 bridgehead atoms. The van der Waals surface area contributed by atoms with E-state index in [1.54, 1.807) is 23.9 Å². The van der Waals surface area contributed by atoms with Gasteiger partial charge >= 0.3 is 0 Å². The summed E-state index contributed by atoms with van der Waals surface area (Å²) in [5.74, 6) is -0.394. The minimum atomic E-state index is -0.648. The fourth-order valence-corrected chi connectivity index (χ4v) is 3.24. The fraction of sp³-hybridized carbons (Fsp3) is 0.526. The molecule has 1 aliphatic rings. The monoisotopic (exact) mass is 426 g/mol. The number of halogens is 1. The van der Waals surface area contributed by atoms with Crippen molar-refractivity contribution in [2.75, 3.05) is 60.5 Å². The number of rotatable bonds is 7. The molecule has 1 heterocycles. The first-order valence-electron chi connectivity index (χ1n) is 9.23. The molecule has 160 valence electrons. The van der Waals surface area contributed by atoms with Crippen LogP contribution in [-0.2, 0) is 9.59 Å². The predicted octanol–water partition coefficient (Wildman–Crippen LogP) is 0.449. The molecule has 3 amide bonds. The van der Waals surface area contributed by atoms with E-state index < -0.39 is 5.91 Å². The zero-order chi connectivity index (χ0) is 21.6. The zero-order valence-electron chi connectivity index (χ0n) is 16.9. The number of carbonyl (C=O) groups is 3. The number of benzene rings is 1. The molecule has 0 aromatic heterocycles. The molecule has 1 aromatic carbocycles. The summed E-state index contributed by atoms with van der Waals surface area (Å²) < 4.78 is 10.6. The molecule has 0 radical (unpaired) electrons. The normalized spacial score (nSPS) is 14.8. The van der Waals surface area contributed by atoms with E-state index >= 15 is 0 Å². The molecule has 0 unspecified atom stereocenters. The molecule has 0 saturated carbocycles. The van der Waals surface area contributed by atoms with Crippen LogP contribution < -0.4 is 15.2 Å². The lowest BCUT2D eigenvalue weighted by Crippen LogP contribution is -2.39. The molecule has 1 saturated heterocycles. The third-order valence-electron chi connectivity index (χ3n) is 4.57. The average molecular weight is 427 g/mol. The molecule has 0 atom stereocenters. The molecule has 0 spiro atoms. The summed E-state index contributed by atoms with van der Waals surface area (Å²) in [5.41, 5.74) is 5.45. The SMILES string of the molecule is COc1cc(C(=O)N2CCCN(CC(=O)N(C)C)CC2)cc(Cl)c1OCC(N)=O. The first-order valence-corrected chi connectivity index (χ1v) is 9.61. The first kappa shape index (κ1) is 22.8. The maximum absolute atomic E-state index is 13.0. The highest BCUT2D eigenvalue weighted by molar-refractivity contribution is 6.32. The maximum atomic E-state index is 13.0. The summed E-state index contributed by atoms with van der Waals surface area (Å²) in [6, 6.07) is 3.02. The highest BCUT2D eigenvalue weighted by atomic mass is 35.5. The van der Waals surface area contributed by atoms with E-state index in [0.717, 1.165) is 13.0 Å². The summed E-state index contributed by atoms with van der Waals surface area (Å²) in [7, 11) is 4.87. The van der Waals surface area contributed by atoms with Crippen molar-refractivity contribution in [2.45, 2.75) is 6.42 Å². The van der Waals surface area contributed by atoms with Gasteiger partial charge in [-0.3, -0.25) is 19.3 Å². The number of methoxy groups -OCH3 is 1. The van der Waals surface area contributed by atoms with E-state index in [-0.39, 0.29) is 34.9 Å². The second kappa shape index (κ2) is 10.3. The quantitative estimate of drug-likeness (QED) is 0.678. The van der Waals surface area contributed by atoms with Gasteiger partial charge in [0.05, 0.1) is 18.7 Å². The van der Waals surface area contributed by atoms with Crippen molar-refractivity contribution in [1.29, 1.82) is 0 Å². The summed E-state index contributed by atoms with van der Waals surface area (Å²) in [4.78, 5) is 41.2. The van der Waals surface area contributed by atoms with Gasteiger partial charge in [-0.25, -0.2) is 0 Å². The number of ether oxygens (including phenoxy) is 2. The van der Waals surface area contributed by atoms with E-state index in [0.29, 0.717) is 31.7 Å². The van der Waals surface area contributed by atoms with Crippen LogP contribution in [0.3, 0.4) is 0 Å². The number of likely N-dealkylation sites (N-methyl/N-ethyl adjacent to an activating group) is 1. The van der Waals surface area contributed by atoms with Crippen LogP contribution >= 0.6 is 11.6 Å². The third-order valence-corrected chi connectivity index (χ3v) is 4.85. The molecule has 29 heavy (non-hydrogen) atoms. The van der Waals surface area contributed by atoms with E-state index in [1.807, 2.05) is 4.90 Å². The molecule has 1 aliphatic heterocycles. The van der Waals surface area contributed by atoms with Crippen molar-refractivity contribution in [1.82, 2.24) is 14.7 Å². The average Bonchev–Trinajstić information content (AvgIpc) is 2.91. The molecule has 2 rings (SSSR count). The Hall–Kier alpha value is -2.52. The van der Waals surface area contributed by atoms with Crippen LogP contribution in [0.2, 0.25) is 5.02 Å². The summed E-state index contributed by atoms with van der Waals surface area (Å²) in [5, 5.41) is 0.155. The Bertz CT molecular complexity index is 771. The third kappa shape index (κ3) is 6.23. The van der Waals surface area contributed by atoms with E-state index in [4.69, 9.17) is 26.8 Å². The van der Waals surface area contributed by atoms with Crippen LogP contribution in [0.4, 0.5) is 0 Å². The van der Waals surface area contributed by atoms with Gasteiger partial charge in [-0.05, 0) is 18.6 Å². The molecule has 10 heteroatoms. The smallest absolute Gasteiger partial charge is 0.255 e. The van der Waals surface area contributed by atoms with E-state index in [9.17, 15) is 14.4 Å². The summed E-state index contributed by atoms with van der Waals surface area (Å²) in [6.07, 6.45) is 0.761. The molecule has 1 aromatic rings. The number of amides is 3. The van der Waals surface area contributed by atoms with Crippen molar-refractivity contribution in [3.8, 4) is 11.5 Å². The van der Waals surface area contributed by atoms with Gasteiger partial charge in [0.15, 0.2) is 18.1 Å². The highest BCUT2D eigenvalue weighted by Gasteiger charge is 2.24. The van der Waals surface area contributed by atoms with Gasteiger partial charge < -0.3 is 25.0 Å². The molecule has 2 N–H and O–H groups in total. The summed E-state index contributed by atoms with van der Waals surface area (Å²) >= 11 is 6.24. The Morgan fingerprint density at radius 2 is 1.90 bits per heavy atom. The Balaban J connectivity index is 2.10. The molecular weight excluding hydrogens is 400 g/mol. The van der Waals surface area contributed by atoms with Gasteiger partial charge in [-0.15, -0.1) is 0 Å². The minimum Gasteiger partial charge on any atom is -0.493 e. The van der Waals surface area contributed by atoms with Crippen LogP contribution in [0, 0.1) is 0 Å². The van der Waals surface area contributed by atoms with Crippen molar-refractivity contribution in [3.05, 3.63) is 22.7 Å². The van der Waals surface area contributed by atoms with Crippen LogP contribution in [0.5, 0.6) is 11.5 Å². The minimum absolute atomic E-state index is 0.0350. The van der Waals surface area contributed by atoms with Gasteiger partial charge in [0.1, 0.15) is 0 Å². The molecular formula is C19H27ClN4O5. The van der Waals surface area contributed by atoms with Gasteiger partial charge in [0.25, 0.3) is 11.8 Å². The van der Waals surface area contributed by atoms with Gasteiger partial charge in [-0.1, -0.05) is 11.6 Å². The van der Waals surface area contributed by atoms with Gasteiger partial charge in [0.2, 0.25) is 5.91 Å². The van der Waals surface area contributed by atoms with Crippen molar-refractivity contribution in [2.24, 2.45) is 5.73 Å². The standard InChI is InChI=1S/C19H27ClN4O5/c1-22(2)17(26)11-23-5-4-6-24(8-7-23)19(27)13-9-14(20)18(15(10-13)28-3)29-12-16(21)25/h9-10H,4-8,11-12H2,1-3H3,(H2,21,25). The molecule has 1 fully saturated rings. The fourth-order valence-electron chi connectivity index (χ4n) is 2.97. The largest absolute Gasteiger partial charge is 0.493 e. The predicted molar refractivity (Wildman–Crippen MR) is 108 cm³/mol. The Morgan fingerprint density at radius 3 is 2.52 bits per heavy atom. The number of primary amides is 1. The first-order chi connectivity index (χ1) is 13.7. The molecule has 0 aliphatic carbocycles. The lowest BCUT2D eigenvalue weighted by molar-refractivity contribution is -0.129. The highest BCUT2D eigenvalue weighted by Crippen LogP contribution is 2.36. The van der Waals surface area contributed by atoms with Crippen LogP contribution in [0.15, 0.2) is 12.1 Å². The zero-order valence-corrected chi connectivity index (χ0v) is 17.7. The topological polar surface area (TPSA) is 105 Å². The maximum Gasteiger partial charge on any atom is 0.255 e. The van der Waals surface area contributed by atoms with Crippen molar-refractivity contribution >= 4 is 29.3 Å². The Labute approximate surface area is 175 Å². The second-order valence-electron chi connectivity index (χ2n) is 6.95. The number of nitrogens with zero attached hydrogens (tertiary/aromatic N) is 3. The number of hydrogen-bond acceptors (Lipinski definition) is 6. The van der Waals surface area contributed by atoms with Gasteiger partial charge in [-0.2, -0.15) is 0 Å². The number of hydrogen-bond donors (Lipinski definition) is 1. The lowest BCUT2D eigenvalue weighted by atomic mass is 10.1. The van der Waals surface area contributed by atoms with Crippen molar-refractivity contribution in [3.63, 3.8) is 0 Å².